The van der Waals surface area contributed by atoms with Crippen molar-refractivity contribution in [3.05, 3.63) is 136 Å². The van der Waals surface area contributed by atoms with Crippen molar-refractivity contribution in [3.63, 3.8) is 0 Å². The summed E-state index contributed by atoms with van der Waals surface area (Å²) >= 11 is 0. The molecule has 0 bridgehead atoms. The molecule has 0 unspecified atom stereocenters. The van der Waals surface area contributed by atoms with E-state index in [1.165, 1.54) is 18.2 Å². The van der Waals surface area contributed by atoms with Crippen molar-refractivity contribution in [2.45, 2.75) is 19.6 Å². The Labute approximate surface area is 203 Å². The van der Waals surface area contributed by atoms with Crippen molar-refractivity contribution in [2.24, 2.45) is 0 Å². The zero-order valence-corrected chi connectivity index (χ0v) is 19.1. The van der Waals surface area contributed by atoms with Gasteiger partial charge in [-0.15, -0.1) is 0 Å². The smallest absolute Gasteiger partial charge is 0.270 e. The summed E-state index contributed by atoms with van der Waals surface area (Å²) < 4.78 is 5.94. The standard InChI is InChI=1S/C28H25N3O4/c32-28(24-11-7-13-26(19-24)31(33)34)30(17-15-25-12-4-5-16-29-25)20-23-10-6-14-27(18-23)35-21-22-8-2-1-3-9-22/h1-14,16,18-19H,15,17,20-21H2. The Morgan fingerprint density at radius 2 is 1.66 bits per heavy atom. The molecule has 7 nitrogen and oxygen atoms in total. The van der Waals surface area contributed by atoms with Crippen LogP contribution in [0, 0.1) is 10.1 Å². The first-order valence-corrected chi connectivity index (χ1v) is 11.3. The minimum Gasteiger partial charge on any atom is -0.489 e. The monoisotopic (exact) mass is 467 g/mol. The van der Waals surface area contributed by atoms with Gasteiger partial charge in [-0.3, -0.25) is 19.9 Å². The van der Waals surface area contributed by atoms with Crippen molar-refractivity contribution < 1.29 is 14.5 Å². The molecule has 0 radical (unpaired) electrons. The zero-order chi connectivity index (χ0) is 24.5. The first-order valence-electron chi connectivity index (χ1n) is 11.3. The third kappa shape index (κ3) is 6.74. The molecular weight excluding hydrogens is 442 g/mol. The average molecular weight is 468 g/mol. The van der Waals surface area contributed by atoms with Gasteiger partial charge in [-0.1, -0.05) is 54.6 Å². The number of amides is 1. The second-order valence-electron chi connectivity index (χ2n) is 8.03. The van der Waals surface area contributed by atoms with Crippen LogP contribution in [0.5, 0.6) is 5.75 Å². The van der Waals surface area contributed by atoms with Crippen molar-refractivity contribution in [1.82, 2.24) is 9.88 Å². The van der Waals surface area contributed by atoms with E-state index in [-0.39, 0.29) is 17.2 Å². The molecular formula is C28H25N3O4. The van der Waals surface area contributed by atoms with E-state index in [1.54, 1.807) is 17.2 Å². The number of nitro benzene ring substituents is 1. The largest absolute Gasteiger partial charge is 0.489 e. The lowest BCUT2D eigenvalue weighted by molar-refractivity contribution is -0.384. The molecule has 0 aliphatic carbocycles. The Hall–Kier alpha value is -4.52. The number of carbonyl (C=O) groups is 1. The molecule has 176 valence electrons. The van der Waals surface area contributed by atoms with Crippen molar-refractivity contribution in [3.8, 4) is 5.75 Å². The van der Waals surface area contributed by atoms with E-state index >= 15 is 0 Å². The fourth-order valence-corrected chi connectivity index (χ4v) is 3.68. The van der Waals surface area contributed by atoms with Crippen LogP contribution in [0.1, 0.15) is 27.2 Å². The summed E-state index contributed by atoms with van der Waals surface area (Å²) in [5.41, 5.74) is 2.99. The molecule has 7 heteroatoms. The Morgan fingerprint density at radius 1 is 0.886 bits per heavy atom. The molecule has 0 saturated heterocycles. The van der Waals surface area contributed by atoms with Crippen LogP contribution in [0.25, 0.3) is 0 Å². The number of ether oxygens (including phenoxy) is 1. The molecule has 0 spiro atoms. The molecule has 1 amide bonds. The number of nitrogens with zero attached hydrogens (tertiary/aromatic N) is 3. The second-order valence-corrected chi connectivity index (χ2v) is 8.03. The summed E-state index contributed by atoms with van der Waals surface area (Å²) in [6.45, 7) is 1.19. The van der Waals surface area contributed by atoms with Crippen LogP contribution >= 0.6 is 0 Å². The summed E-state index contributed by atoms with van der Waals surface area (Å²) in [6, 6.07) is 29.0. The topological polar surface area (TPSA) is 85.6 Å². The molecule has 1 heterocycles. The third-order valence-electron chi connectivity index (χ3n) is 5.48. The molecule has 1 aromatic heterocycles. The molecule has 0 aliphatic heterocycles. The maximum Gasteiger partial charge on any atom is 0.270 e. The number of non-ortho nitro benzene ring substituents is 1. The van der Waals surface area contributed by atoms with Gasteiger partial charge in [0, 0.05) is 49.1 Å². The summed E-state index contributed by atoms with van der Waals surface area (Å²) in [4.78, 5) is 30.1. The molecule has 0 N–H and O–H groups in total. The Morgan fingerprint density at radius 3 is 2.43 bits per heavy atom. The lowest BCUT2D eigenvalue weighted by atomic mass is 10.1. The molecule has 3 aromatic carbocycles. The molecule has 0 atom stereocenters. The van der Waals surface area contributed by atoms with Gasteiger partial charge in [0.25, 0.3) is 11.6 Å². The minimum absolute atomic E-state index is 0.114. The van der Waals surface area contributed by atoms with Gasteiger partial charge < -0.3 is 9.64 Å². The van der Waals surface area contributed by atoms with E-state index in [0.29, 0.717) is 31.9 Å². The van der Waals surface area contributed by atoms with Crippen LogP contribution in [0.4, 0.5) is 5.69 Å². The quantitative estimate of drug-likeness (QED) is 0.229. The summed E-state index contributed by atoms with van der Waals surface area (Å²) in [5, 5.41) is 11.2. The summed E-state index contributed by atoms with van der Waals surface area (Å²) in [6.07, 6.45) is 2.28. The van der Waals surface area contributed by atoms with Gasteiger partial charge in [0.2, 0.25) is 0 Å². The minimum atomic E-state index is -0.497. The van der Waals surface area contributed by atoms with Crippen LogP contribution in [0.2, 0.25) is 0 Å². The predicted octanol–water partition coefficient (Wildman–Crippen LogP) is 5.45. The molecule has 4 rings (SSSR count). The highest BCUT2D eigenvalue weighted by atomic mass is 16.6. The van der Waals surface area contributed by atoms with Crippen LogP contribution in [0.3, 0.4) is 0 Å². The van der Waals surface area contributed by atoms with Crippen LogP contribution in [-0.2, 0) is 19.6 Å². The van der Waals surface area contributed by atoms with E-state index in [9.17, 15) is 14.9 Å². The van der Waals surface area contributed by atoms with Gasteiger partial charge in [-0.25, -0.2) is 0 Å². The predicted molar refractivity (Wildman–Crippen MR) is 133 cm³/mol. The summed E-state index contributed by atoms with van der Waals surface area (Å²) in [5.74, 6) is 0.430. The number of hydrogen-bond acceptors (Lipinski definition) is 5. The molecule has 0 aliphatic rings. The SMILES string of the molecule is O=C(c1cccc([N+](=O)[O-])c1)N(CCc1ccccn1)Cc1cccc(OCc2ccccc2)c1. The van der Waals surface area contributed by atoms with Crippen LogP contribution in [0.15, 0.2) is 103 Å². The first-order chi connectivity index (χ1) is 17.1. The average Bonchev–Trinajstić information content (AvgIpc) is 2.91. The van der Waals surface area contributed by atoms with Crippen LogP contribution in [-0.4, -0.2) is 27.3 Å². The van der Waals surface area contributed by atoms with Crippen molar-refractivity contribution >= 4 is 11.6 Å². The van der Waals surface area contributed by atoms with E-state index in [0.717, 1.165) is 16.8 Å². The molecule has 0 saturated carbocycles. The number of pyridine rings is 1. The van der Waals surface area contributed by atoms with Gasteiger partial charge in [0.1, 0.15) is 12.4 Å². The third-order valence-corrected chi connectivity index (χ3v) is 5.48. The number of aromatic nitrogens is 1. The highest BCUT2D eigenvalue weighted by Gasteiger charge is 2.19. The maximum absolute atomic E-state index is 13.4. The lowest BCUT2D eigenvalue weighted by Crippen LogP contribution is -2.32. The van der Waals surface area contributed by atoms with E-state index in [2.05, 4.69) is 4.98 Å². The number of carbonyl (C=O) groups excluding carboxylic acids is 1. The summed E-state index contributed by atoms with van der Waals surface area (Å²) in [7, 11) is 0. The van der Waals surface area contributed by atoms with E-state index < -0.39 is 4.92 Å². The normalized spacial score (nSPS) is 10.5. The highest BCUT2D eigenvalue weighted by Crippen LogP contribution is 2.20. The van der Waals surface area contributed by atoms with Gasteiger partial charge in [0.05, 0.1) is 4.92 Å². The van der Waals surface area contributed by atoms with E-state index in [1.807, 2.05) is 72.8 Å². The maximum atomic E-state index is 13.4. The number of rotatable bonds is 10. The van der Waals surface area contributed by atoms with Crippen LogP contribution < -0.4 is 4.74 Å². The Bertz CT molecular complexity index is 1280. The zero-order valence-electron chi connectivity index (χ0n) is 19.1. The van der Waals surface area contributed by atoms with Gasteiger partial charge >= 0.3 is 0 Å². The highest BCUT2D eigenvalue weighted by molar-refractivity contribution is 5.94. The Balaban J connectivity index is 1.52. The fraction of sp³-hybridized carbons (Fsp3) is 0.143. The number of benzene rings is 3. The van der Waals surface area contributed by atoms with Crippen molar-refractivity contribution in [2.75, 3.05) is 6.54 Å². The van der Waals surface area contributed by atoms with Gasteiger partial charge in [0.15, 0.2) is 0 Å². The molecule has 4 aromatic rings. The fourth-order valence-electron chi connectivity index (χ4n) is 3.68. The van der Waals surface area contributed by atoms with Crippen molar-refractivity contribution in [1.29, 1.82) is 0 Å². The first kappa shape index (κ1) is 23.6. The van der Waals surface area contributed by atoms with Gasteiger partial charge in [-0.2, -0.15) is 0 Å². The van der Waals surface area contributed by atoms with Gasteiger partial charge in [-0.05, 0) is 41.5 Å². The Kier molecular flexibility index (Phi) is 7.81. The second kappa shape index (κ2) is 11.6. The molecule has 0 fully saturated rings. The molecule has 35 heavy (non-hydrogen) atoms. The number of nitro groups is 1. The lowest BCUT2D eigenvalue weighted by Gasteiger charge is -2.23. The van der Waals surface area contributed by atoms with E-state index in [4.69, 9.17) is 4.74 Å². The number of hydrogen-bond donors (Lipinski definition) is 0.